The first-order valence-electron chi connectivity index (χ1n) is 5.54. The van der Waals surface area contributed by atoms with Gasteiger partial charge in [-0.2, -0.15) is 0 Å². The van der Waals surface area contributed by atoms with Crippen LogP contribution in [0, 0.1) is 0 Å². The molecule has 0 saturated heterocycles. The second kappa shape index (κ2) is 5.84. The van der Waals surface area contributed by atoms with Crippen molar-refractivity contribution in [2.45, 2.75) is 31.9 Å². The van der Waals surface area contributed by atoms with Gasteiger partial charge in [-0.25, -0.2) is 13.2 Å². The predicted octanol–water partition coefficient (Wildman–Crippen LogP) is 2.72. The first kappa shape index (κ1) is 14.5. The Kier molecular flexibility index (Phi) is 4.69. The molecule has 0 bridgehead atoms. The molecule has 0 aromatic rings. The average Bonchev–Trinajstić information content (AvgIpc) is 2.32. The van der Waals surface area contributed by atoms with Crippen LogP contribution >= 0.6 is 0 Å². The minimum Gasteiger partial charge on any atom is -0.466 e. The van der Waals surface area contributed by atoms with Crippen LogP contribution < -0.4 is 0 Å². The Morgan fingerprint density at radius 2 is 2.06 bits per heavy atom. The third-order valence-corrected chi connectivity index (χ3v) is 2.54. The number of allylic oxidation sites excluding steroid dienone is 4. The SMILES string of the molecule is CCOC(=O)CCCC1(F)C(=O)C(F)=CC=C1F. The summed E-state index contributed by atoms with van der Waals surface area (Å²) in [5, 5.41) is 0. The van der Waals surface area contributed by atoms with E-state index in [0.29, 0.717) is 12.2 Å². The van der Waals surface area contributed by atoms with E-state index in [0.717, 1.165) is 0 Å². The van der Waals surface area contributed by atoms with E-state index >= 15 is 0 Å². The van der Waals surface area contributed by atoms with Crippen molar-refractivity contribution in [1.82, 2.24) is 0 Å². The molecule has 0 saturated carbocycles. The van der Waals surface area contributed by atoms with Gasteiger partial charge >= 0.3 is 5.97 Å². The van der Waals surface area contributed by atoms with Crippen LogP contribution in [0.3, 0.4) is 0 Å². The van der Waals surface area contributed by atoms with Crippen LogP contribution in [-0.4, -0.2) is 24.0 Å². The van der Waals surface area contributed by atoms with Crippen molar-refractivity contribution in [3.05, 3.63) is 23.8 Å². The summed E-state index contributed by atoms with van der Waals surface area (Å²) < 4.78 is 44.8. The molecule has 0 N–H and O–H groups in total. The van der Waals surface area contributed by atoms with Gasteiger partial charge in [0.2, 0.25) is 11.5 Å². The van der Waals surface area contributed by atoms with Crippen LogP contribution in [0.25, 0.3) is 0 Å². The van der Waals surface area contributed by atoms with Crippen molar-refractivity contribution in [1.29, 1.82) is 0 Å². The van der Waals surface area contributed by atoms with Gasteiger partial charge in [0.15, 0.2) is 5.83 Å². The highest BCUT2D eigenvalue weighted by molar-refractivity contribution is 6.03. The van der Waals surface area contributed by atoms with Crippen LogP contribution in [0.5, 0.6) is 0 Å². The zero-order valence-electron chi connectivity index (χ0n) is 9.84. The predicted molar refractivity (Wildman–Crippen MR) is 57.7 cm³/mol. The lowest BCUT2D eigenvalue weighted by Gasteiger charge is -2.23. The molecule has 0 amide bonds. The maximum absolute atomic E-state index is 14.0. The summed E-state index contributed by atoms with van der Waals surface area (Å²) in [6.07, 6.45) is 0.331. The minimum absolute atomic E-state index is 0.102. The molecule has 18 heavy (non-hydrogen) atoms. The number of esters is 1. The number of ketones is 1. The number of carbonyl (C=O) groups is 2. The summed E-state index contributed by atoms with van der Waals surface area (Å²) in [5.41, 5.74) is -2.99. The quantitative estimate of drug-likeness (QED) is 0.715. The Hall–Kier alpha value is -1.59. The van der Waals surface area contributed by atoms with Gasteiger partial charge in [-0.1, -0.05) is 0 Å². The topological polar surface area (TPSA) is 43.4 Å². The van der Waals surface area contributed by atoms with E-state index in [-0.39, 0.29) is 19.4 Å². The Morgan fingerprint density at radius 3 is 2.67 bits per heavy atom. The summed E-state index contributed by atoms with van der Waals surface area (Å²) >= 11 is 0. The number of hydrogen-bond donors (Lipinski definition) is 0. The maximum atomic E-state index is 14.0. The van der Waals surface area contributed by atoms with Gasteiger partial charge in [-0.05, 0) is 31.9 Å². The molecule has 1 rings (SSSR count). The van der Waals surface area contributed by atoms with E-state index in [2.05, 4.69) is 4.74 Å². The van der Waals surface area contributed by atoms with E-state index in [1.165, 1.54) is 0 Å². The van der Waals surface area contributed by atoms with E-state index in [4.69, 9.17) is 0 Å². The number of carbonyl (C=O) groups excluding carboxylic acids is 2. The molecule has 0 aliphatic heterocycles. The summed E-state index contributed by atoms with van der Waals surface area (Å²) in [6.45, 7) is 1.80. The zero-order chi connectivity index (χ0) is 13.8. The fraction of sp³-hybridized carbons (Fsp3) is 0.500. The third kappa shape index (κ3) is 3.00. The van der Waals surface area contributed by atoms with Crippen LogP contribution in [-0.2, 0) is 14.3 Å². The monoisotopic (exact) mass is 262 g/mol. The standard InChI is InChI=1S/C12H13F3O3/c1-2-18-10(16)4-3-7-12(15)9(14)6-5-8(13)11(12)17/h5-6H,2-4,7H2,1H3. The first-order valence-corrected chi connectivity index (χ1v) is 5.54. The fourth-order valence-electron chi connectivity index (χ4n) is 1.59. The molecule has 0 aromatic heterocycles. The van der Waals surface area contributed by atoms with Crippen LogP contribution in [0.4, 0.5) is 13.2 Å². The van der Waals surface area contributed by atoms with Crippen molar-refractivity contribution in [3.63, 3.8) is 0 Å². The van der Waals surface area contributed by atoms with Gasteiger partial charge in [0.1, 0.15) is 5.83 Å². The molecule has 0 radical (unpaired) electrons. The van der Waals surface area contributed by atoms with Crippen LogP contribution in [0.1, 0.15) is 26.2 Å². The van der Waals surface area contributed by atoms with Crippen molar-refractivity contribution < 1.29 is 27.5 Å². The Labute approximate surface area is 102 Å². The number of alkyl halides is 1. The number of ether oxygens (including phenoxy) is 1. The van der Waals surface area contributed by atoms with Gasteiger partial charge < -0.3 is 4.74 Å². The van der Waals surface area contributed by atoms with Crippen molar-refractivity contribution in [2.75, 3.05) is 6.61 Å². The molecule has 0 spiro atoms. The molecular weight excluding hydrogens is 249 g/mol. The van der Waals surface area contributed by atoms with Gasteiger partial charge in [-0.15, -0.1) is 0 Å². The second-order valence-electron chi connectivity index (χ2n) is 3.82. The molecule has 0 heterocycles. The van der Waals surface area contributed by atoms with Gasteiger partial charge in [0.05, 0.1) is 6.61 Å². The molecule has 1 unspecified atom stereocenters. The van der Waals surface area contributed by atoms with E-state index in [1.807, 2.05) is 0 Å². The molecule has 0 fully saturated rings. The van der Waals surface area contributed by atoms with Crippen LogP contribution in [0.15, 0.2) is 23.8 Å². The summed E-state index contributed by atoms with van der Waals surface area (Å²) in [4.78, 5) is 22.2. The highest BCUT2D eigenvalue weighted by Gasteiger charge is 2.46. The highest BCUT2D eigenvalue weighted by Crippen LogP contribution is 2.36. The number of rotatable bonds is 5. The lowest BCUT2D eigenvalue weighted by atomic mass is 9.88. The van der Waals surface area contributed by atoms with Crippen LogP contribution in [0.2, 0.25) is 0 Å². The zero-order valence-corrected chi connectivity index (χ0v) is 9.84. The molecule has 100 valence electrons. The van der Waals surface area contributed by atoms with E-state index in [9.17, 15) is 22.8 Å². The lowest BCUT2D eigenvalue weighted by Crippen LogP contribution is -2.37. The molecular formula is C12H13F3O3. The lowest BCUT2D eigenvalue weighted by molar-refractivity contribution is -0.143. The first-order chi connectivity index (χ1) is 8.41. The van der Waals surface area contributed by atoms with Gasteiger partial charge in [-0.3, -0.25) is 9.59 Å². The Bertz CT molecular complexity index is 411. The van der Waals surface area contributed by atoms with Crippen molar-refractivity contribution >= 4 is 11.8 Å². The normalized spacial score (nSPS) is 23.4. The minimum atomic E-state index is -2.99. The summed E-state index contributed by atoms with van der Waals surface area (Å²) in [7, 11) is 0. The maximum Gasteiger partial charge on any atom is 0.305 e. The fourth-order valence-corrected chi connectivity index (χ4v) is 1.59. The Balaban J connectivity index is 2.60. The molecule has 1 aliphatic rings. The molecule has 1 aliphatic carbocycles. The highest BCUT2D eigenvalue weighted by atomic mass is 19.2. The van der Waals surface area contributed by atoms with Crippen molar-refractivity contribution in [3.8, 4) is 0 Å². The smallest absolute Gasteiger partial charge is 0.305 e. The third-order valence-electron chi connectivity index (χ3n) is 2.54. The average molecular weight is 262 g/mol. The van der Waals surface area contributed by atoms with E-state index < -0.39 is 35.5 Å². The largest absolute Gasteiger partial charge is 0.466 e. The number of halogens is 3. The molecule has 0 aromatic carbocycles. The summed E-state index contributed by atoms with van der Waals surface area (Å²) in [5.74, 6) is -4.76. The molecule has 3 nitrogen and oxygen atoms in total. The molecule has 1 atom stereocenters. The van der Waals surface area contributed by atoms with Gasteiger partial charge in [0, 0.05) is 6.42 Å². The number of Topliss-reactive ketones (excluding diaryl/α,β-unsaturated/α-hetero) is 1. The Morgan fingerprint density at radius 1 is 1.39 bits per heavy atom. The van der Waals surface area contributed by atoms with Crippen molar-refractivity contribution in [2.24, 2.45) is 0 Å². The van der Waals surface area contributed by atoms with Gasteiger partial charge in [0.25, 0.3) is 0 Å². The molecule has 6 heteroatoms. The van der Waals surface area contributed by atoms with E-state index in [1.54, 1.807) is 6.92 Å². The number of hydrogen-bond acceptors (Lipinski definition) is 3. The summed E-state index contributed by atoms with van der Waals surface area (Å²) in [6, 6.07) is 0. The second-order valence-corrected chi connectivity index (χ2v) is 3.82.